The molecule has 1 heterocycles. The number of piperidine rings is 1. The quantitative estimate of drug-likeness (QED) is 0.895. The van der Waals surface area contributed by atoms with E-state index in [1.165, 1.54) is 48.2 Å². The normalized spacial score (nSPS) is 20.7. The summed E-state index contributed by atoms with van der Waals surface area (Å²) in [5.74, 6) is 0.825. The van der Waals surface area contributed by atoms with E-state index in [4.69, 9.17) is 0 Å². The molecule has 1 aliphatic rings. The van der Waals surface area contributed by atoms with Crippen molar-refractivity contribution in [2.24, 2.45) is 5.92 Å². The minimum Gasteiger partial charge on any atom is -0.319 e. The fourth-order valence-electron chi connectivity index (χ4n) is 3.18. The average molecular weight is 260 g/mol. The minimum atomic E-state index is 0.825. The lowest BCUT2D eigenvalue weighted by Crippen LogP contribution is -2.38. The van der Waals surface area contributed by atoms with Gasteiger partial charge in [0.1, 0.15) is 0 Å². The van der Waals surface area contributed by atoms with Gasteiger partial charge < -0.3 is 5.32 Å². The number of hydrogen-bond donors (Lipinski definition) is 1. The molecule has 0 bridgehead atoms. The van der Waals surface area contributed by atoms with Gasteiger partial charge in [0.05, 0.1) is 0 Å². The van der Waals surface area contributed by atoms with Crippen LogP contribution in [-0.4, -0.2) is 31.6 Å². The summed E-state index contributed by atoms with van der Waals surface area (Å²) in [4.78, 5) is 2.63. The first-order valence-electron chi connectivity index (χ1n) is 7.54. The summed E-state index contributed by atoms with van der Waals surface area (Å²) in [5, 5.41) is 3.32. The minimum absolute atomic E-state index is 0.825. The zero-order valence-corrected chi connectivity index (χ0v) is 12.9. The molecule has 0 amide bonds. The summed E-state index contributed by atoms with van der Waals surface area (Å²) >= 11 is 0. The summed E-state index contributed by atoms with van der Waals surface area (Å²) in [6.45, 7) is 11.4. The highest BCUT2D eigenvalue weighted by molar-refractivity contribution is 5.36. The van der Waals surface area contributed by atoms with Gasteiger partial charge in [-0.1, -0.05) is 12.1 Å². The van der Waals surface area contributed by atoms with Crippen LogP contribution in [0.15, 0.2) is 12.1 Å². The molecule has 1 aliphatic heterocycles. The van der Waals surface area contributed by atoms with Gasteiger partial charge in [-0.2, -0.15) is 0 Å². The van der Waals surface area contributed by atoms with Crippen molar-refractivity contribution < 1.29 is 0 Å². The Morgan fingerprint density at radius 1 is 1.16 bits per heavy atom. The summed E-state index contributed by atoms with van der Waals surface area (Å²) in [7, 11) is 2.06. The Bertz CT molecular complexity index is 424. The number of aryl methyl sites for hydroxylation is 3. The maximum absolute atomic E-state index is 3.32. The van der Waals surface area contributed by atoms with Crippen LogP contribution in [0.4, 0.5) is 0 Å². The molecule has 0 saturated carbocycles. The van der Waals surface area contributed by atoms with Crippen LogP contribution in [0.2, 0.25) is 0 Å². The Labute approximate surface area is 118 Å². The van der Waals surface area contributed by atoms with Gasteiger partial charge in [-0.3, -0.25) is 4.90 Å². The highest BCUT2D eigenvalue weighted by Crippen LogP contribution is 2.21. The molecule has 0 spiro atoms. The molecular weight excluding hydrogens is 232 g/mol. The smallest absolute Gasteiger partial charge is 0.0236 e. The Balaban J connectivity index is 2.02. The van der Waals surface area contributed by atoms with Crippen molar-refractivity contribution in [2.45, 2.75) is 40.2 Å². The maximum atomic E-state index is 3.32. The molecule has 1 fully saturated rings. The average Bonchev–Trinajstić information content (AvgIpc) is 2.37. The molecule has 1 aromatic carbocycles. The lowest BCUT2D eigenvalue weighted by atomic mass is 9.96. The molecule has 0 aliphatic carbocycles. The third-order valence-electron chi connectivity index (χ3n) is 4.44. The van der Waals surface area contributed by atoms with Crippen LogP contribution in [0.5, 0.6) is 0 Å². The highest BCUT2D eigenvalue weighted by Gasteiger charge is 2.19. The van der Waals surface area contributed by atoms with Gasteiger partial charge in [0.15, 0.2) is 0 Å². The van der Waals surface area contributed by atoms with Crippen LogP contribution in [0.25, 0.3) is 0 Å². The van der Waals surface area contributed by atoms with Crippen LogP contribution in [0.1, 0.15) is 35.1 Å². The zero-order chi connectivity index (χ0) is 13.8. The highest BCUT2D eigenvalue weighted by atomic mass is 15.1. The predicted molar refractivity (Wildman–Crippen MR) is 82.6 cm³/mol. The molecule has 0 aromatic heterocycles. The van der Waals surface area contributed by atoms with E-state index in [1.807, 2.05) is 0 Å². The monoisotopic (exact) mass is 260 g/mol. The van der Waals surface area contributed by atoms with Gasteiger partial charge in [-0.15, -0.1) is 0 Å². The van der Waals surface area contributed by atoms with Crippen molar-refractivity contribution >= 4 is 0 Å². The summed E-state index contributed by atoms with van der Waals surface area (Å²) in [6, 6.07) is 4.71. The van der Waals surface area contributed by atoms with Crippen LogP contribution in [0.3, 0.4) is 0 Å². The van der Waals surface area contributed by atoms with E-state index < -0.39 is 0 Å². The topological polar surface area (TPSA) is 15.3 Å². The van der Waals surface area contributed by atoms with Crippen molar-refractivity contribution in [1.29, 1.82) is 0 Å². The second-order valence-electron chi connectivity index (χ2n) is 6.16. The summed E-state index contributed by atoms with van der Waals surface area (Å²) in [6.07, 6.45) is 2.72. The molecule has 106 valence electrons. The zero-order valence-electron chi connectivity index (χ0n) is 12.9. The Morgan fingerprint density at radius 3 is 2.63 bits per heavy atom. The standard InChI is InChI=1S/C17H28N2/c1-13-8-15(3)17(9-14(13)2)12-19-7-5-6-16(11-19)10-18-4/h8-9,16,18H,5-7,10-12H2,1-4H3. The Kier molecular flexibility index (Phi) is 5.00. The fraction of sp³-hybridized carbons (Fsp3) is 0.647. The van der Waals surface area contributed by atoms with Crippen molar-refractivity contribution in [1.82, 2.24) is 10.2 Å². The summed E-state index contributed by atoms with van der Waals surface area (Å²) in [5.41, 5.74) is 5.78. The van der Waals surface area contributed by atoms with Crippen molar-refractivity contribution in [3.05, 3.63) is 34.4 Å². The number of benzene rings is 1. The lowest BCUT2D eigenvalue weighted by molar-refractivity contribution is 0.166. The van der Waals surface area contributed by atoms with E-state index in [9.17, 15) is 0 Å². The van der Waals surface area contributed by atoms with E-state index >= 15 is 0 Å². The molecule has 2 rings (SSSR count). The Hall–Kier alpha value is -0.860. The number of rotatable bonds is 4. The Morgan fingerprint density at radius 2 is 1.89 bits per heavy atom. The molecule has 19 heavy (non-hydrogen) atoms. The van der Waals surface area contributed by atoms with Gasteiger partial charge in [0, 0.05) is 13.1 Å². The third-order valence-corrected chi connectivity index (χ3v) is 4.44. The first-order valence-corrected chi connectivity index (χ1v) is 7.54. The van der Waals surface area contributed by atoms with Gasteiger partial charge in [0.2, 0.25) is 0 Å². The second-order valence-corrected chi connectivity index (χ2v) is 6.16. The van der Waals surface area contributed by atoms with Crippen molar-refractivity contribution in [2.75, 3.05) is 26.7 Å². The molecule has 1 atom stereocenters. The molecule has 2 heteroatoms. The molecule has 0 radical (unpaired) electrons. The first kappa shape index (κ1) is 14.5. The first-order chi connectivity index (χ1) is 9.10. The molecule has 2 nitrogen and oxygen atoms in total. The molecule has 1 aromatic rings. The SMILES string of the molecule is CNCC1CCCN(Cc2cc(C)c(C)cc2C)C1. The van der Waals surface area contributed by atoms with Crippen molar-refractivity contribution in [3.8, 4) is 0 Å². The number of nitrogens with one attached hydrogen (secondary N) is 1. The van der Waals surface area contributed by atoms with Crippen molar-refractivity contribution in [3.63, 3.8) is 0 Å². The van der Waals surface area contributed by atoms with E-state index in [2.05, 4.69) is 50.2 Å². The van der Waals surface area contributed by atoms with E-state index in [0.29, 0.717) is 0 Å². The van der Waals surface area contributed by atoms with Crippen LogP contribution in [0, 0.1) is 26.7 Å². The maximum Gasteiger partial charge on any atom is 0.0236 e. The van der Waals surface area contributed by atoms with Gasteiger partial charge in [0.25, 0.3) is 0 Å². The fourth-order valence-corrected chi connectivity index (χ4v) is 3.18. The summed E-state index contributed by atoms with van der Waals surface area (Å²) < 4.78 is 0. The van der Waals surface area contributed by atoms with E-state index in [0.717, 1.165) is 19.0 Å². The number of likely N-dealkylation sites (tertiary alicyclic amines) is 1. The lowest BCUT2D eigenvalue weighted by Gasteiger charge is -2.33. The van der Waals surface area contributed by atoms with Crippen LogP contribution in [-0.2, 0) is 6.54 Å². The molecule has 1 N–H and O–H groups in total. The van der Waals surface area contributed by atoms with E-state index in [1.54, 1.807) is 0 Å². The van der Waals surface area contributed by atoms with E-state index in [-0.39, 0.29) is 0 Å². The van der Waals surface area contributed by atoms with Gasteiger partial charge >= 0.3 is 0 Å². The third kappa shape index (κ3) is 3.80. The van der Waals surface area contributed by atoms with Crippen LogP contribution < -0.4 is 5.32 Å². The predicted octanol–water partition coefficient (Wildman–Crippen LogP) is 3.04. The van der Waals surface area contributed by atoms with Crippen LogP contribution >= 0.6 is 0 Å². The second kappa shape index (κ2) is 6.53. The van der Waals surface area contributed by atoms with Gasteiger partial charge in [-0.25, -0.2) is 0 Å². The largest absolute Gasteiger partial charge is 0.319 e. The number of hydrogen-bond acceptors (Lipinski definition) is 2. The van der Waals surface area contributed by atoms with Gasteiger partial charge in [-0.05, 0) is 81.9 Å². The molecule has 1 saturated heterocycles. The molecular formula is C17H28N2. The number of nitrogens with zero attached hydrogens (tertiary/aromatic N) is 1. The molecule has 1 unspecified atom stereocenters.